The number of carboxylic acid groups (broad SMARTS) is 1. The quantitative estimate of drug-likeness (QED) is 0.872. The zero-order chi connectivity index (χ0) is 16.2. The highest BCUT2D eigenvalue weighted by Crippen LogP contribution is 2.19. The van der Waals surface area contributed by atoms with Crippen LogP contribution in [0.4, 0.5) is 0 Å². The molecule has 1 N–H and O–H groups in total. The van der Waals surface area contributed by atoms with Gasteiger partial charge in [-0.25, -0.2) is 9.97 Å². The highest BCUT2D eigenvalue weighted by Gasteiger charge is 2.26. The van der Waals surface area contributed by atoms with Crippen LogP contribution in [0.3, 0.4) is 0 Å². The number of carboxylic acids is 1. The number of aliphatic carboxylic acids is 1. The van der Waals surface area contributed by atoms with E-state index < -0.39 is 11.9 Å². The maximum atomic E-state index is 12.6. The van der Waals surface area contributed by atoms with Crippen molar-refractivity contribution >= 4 is 23.5 Å². The first-order chi connectivity index (χ1) is 9.77. The van der Waals surface area contributed by atoms with Crippen molar-refractivity contribution in [1.82, 2.24) is 14.9 Å². The molecule has 0 bridgehead atoms. The van der Waals surface area contributed by atoms with Crippen LogP contribution >= 0.6 is 11.6 Å². The first kappa shape index (κ1) is 17.4. The molecule has 1 atom stereocenters. The molecule has 21 heavy (non-hydrogen) atoms. The van der Waals surface area contributed by atoms with E-state index in [1.165, 1.54) is 11.1 Å². The minimum Gasteiger partial charge on any atom is -0.480 e. The minimum absolute atomic E-state index is 0.0466. The molecule has 0 fully saturated rings. The lowest BCUT2D eigenvalue weighted by atomic mass is 10.2. The Bertz CT molecular complexity index is 534. The molecular weight excluding hydrogens is 294 g/mol. The summed E-state index contributed by atoms with van der Waals surface area (Å²) in [4.78, 5) is 33.1. The Morgan fingerprint density at radius 1 is 1.38 bits per heavy atom. The number of hydrogen-bond acceptors (Lipinski definition) is 4. The van der Waals surface area contributed by atoms with Crippen LogP contribution in [0, 0.1) is 0 Å². The van der Waals surface area contributed by atoms with E-state index in [4.69, 9.17) is 16.7 Å². The number of carbonyl (C=O) groups excluding carboxylic acids is 1. The molecule has 0 aromatic carbocycles. The van der Waals surface area contributed by atoms with Gasteiger partial charge in [-0.05, 0) is 13.3 Å². The van der Waals surface area contributed by atoms with Crippen LogP contribution in [0.15, 0.2) is 6.20 Å². The summed E-state index contributed by atoms with van der Waals surface area (Å²) in [5.74, 6) is -1.01. The lowest BCUT2D eigenvalue weighted by Crippen LogP contribution is -2.42. The highest BCUT2D eigenvalue weighted by molar-refractivity contribution is 6.33. The van der Waals surface area contributed by atoms with Crippen molar-refractivity contribution < 1.29 is 14.7 Å². The average molecular weight is 314 g/mol. The van der Waals surface area contributed by atoms with Gasteiger partial charge in [0.2, 0.25) is 0 Å². The van der Waals surface area contributed by atoms with Crippen LogP contribution in [-0.2, 0) is 4.79 Å². The Kier molecular flexibility index (Phi) is 6.08. The monoisotopic (exact) mass is 313 g/mol. The molecule has 0 saturated carbocycles. The Labute approximate surface area is 129 Å². The number of amides is 1. The predicted molar refractivity (Wildman–Crippen MR) is 79.6 cm³/mol. The topological polar surface area (TPSA) is 83.4 Å². The van der Waals surface area contributed by atoms with Crippen LogP contribution in [0.25, 0.3) is 0 Å². The van der Waals surface area contributed by atoms with Gasteiger partial charge in [0.15, 0.2) is 5.69 Å². The molecule has 1 unspecified atom stereocenters. The zero-order valence-corrected chi connectivity index (χ0v) is 13.4. The summed E-state index contributed by atoms with van der Waals surface area (Å²) >= 11 is 6.00. The molecule has 0 aliphatic carbocycles. The van der Waals surface area contributed by atoms with Gasteiger partial charge in [-0.1, -0.05) is 32.4 Å². The van der Waals surface area contributed by atoms with Crippen molar-refractivity contribution in [1.29, 1.82) is 0 Å². The first-order valence-electron chi connectivity index (χ1n) is 6.83. The molecular formula is C14H20ClN3O3. The van der Waals surface area contributed by atoms with E-state index in [0.29, 0.717) is 12.2 Å². The van der Waals surface area contributed by atoms with Gasteiger partial charge in [0.05, 0.1) is 11.2 Å². The molecule has 1 amide bonds. The number of hydrogen-bond donors (Lipinski definition) is 1. The second-order valence-electron chi connectivity index (χ2n) is 5.16. The van der Waals surface area contributed by atoms with Gasteiger partial charge in [-0.15, -0.1) is 0 Å². The van der Waals surface area contributed by atoms with E-state index >= 15 is 0 Å². The van der Waals surface area contributed by atoms with Crippen molar-refractivity contribution in [3.05, 3.63) is 22.7 Å². The minimum atomic E-state index is -1.07. The summed E-state index contributed by atoms with van der Waals surface area (Å²) in [6.07, 6.45) is 2.02. The van der Waals surface area contributed by atoms with Gasteiger partial charge in [-0.3, -0.25) is 9.59 Å². The van der Waals surface area contributed by atoms with Crippen LogP contribution < -0.4 is 0 Å². The largest absolute Gasteiger partial charge is 0.480 e. The molecule has 1 rings (SSSR count). The molecule has 0 aliphatic rings. The maximum absolute atomic E-state index is 12.6. The summed E-state index contributed by atoms with van der Waals surface area (Å²) in [5.41, 5.74) is 0.0527. The van der Waals surface area contributed by atoms with E-state index in [2.05, 4.69) is 9.97 Å². The lowest BCUT2D eigenvalue weighted by molar-refractivity contribution is -0.138. The van der Waals surface area contributed by atoms with Crippen molar-refractivity contribution in [2.45, 2.75) is 46.1 Å². The summed E-state index contributed by atoms with van der Waals surface area (Å²) in [7, 11) is 0. The fourth-order valence-corrected chi connectivity index (χ4v) is 1.91. The summed E-state index contributed by atoms with van der Waals surface area (Å²) < 4.78 is 0. The summed E-state index contributed by atoms with van der Waals surface area (Å²) in [6, 6.07) is -0.220. The van der Waals surface area contributed by atoms with Crippen LogP contribution in [0.2, 0.25) is 5.02 Å². The van der Waals surface area contributed by atoms with Crippen LogP contribution in [-0.4, -0.2) is 44.4 Å². The first-order valence-corrected chi connectivity index (χ1v) is 7.20. The van der Waals surface area contributed by atoms with Gasteiger partial charge in [0, 0.05) is 12.0 Å². The second kappa shape index (κ2) is 7.36. The molecule has 116 valence electrons. The molecule has 1 aromatic heterocycles. The molecule has 0 aliphatic heterocycles. The van der Waals surface area contributed by atoms with Gasteiger partial charge < -0.3 is 10.0 Å². The lowest BCUT2D eigenvalue weighted by Gasteiger charge is -2.27. The van der Waals surface area contributed by atoms with Crippen LogP contribution in [0.5, 0.6) is 0 Å². The Morgan fingerprint density at radius 3 is 2.48 bits per heavy atom. The standard InChI is InChI=1S/C14H20ClN3O3/c1-5-9(4)18(7-11(19)20)14(21)12-10(15)6-16-13(17-12)8(2)3/h6,8-9H,5,7H2,1-4H3,(H,19,20). The number of nitrogens with zero attached hydrogens (tertiary/aromatic N) is 3. The van der Waals surface area contributed by atoms with E-state index in [-0.39, 0.29) is 29.2 Å². The number of carbonyl (C=O) groups is 2. The summed E-state index contributed by atoms with van der Waals surface area (Å²) in [5, 5.41) is 9.10. The van der Waals surface area contributed by atoms with Crippen molar-refractivity contribution in [3.8, 4) is 0 Å². The molecule has 1 heterocycles. The molecule has 7 heteroatoms. The number of rotatable bonds is 6. The average Bonchev–Trinajstić information content (AvgIpc) is 2.43. The van der Waals surface area contributed by atoms with Crippen molar-refractivity contribution in [2.75, 3.05) is 6.54 Å². The maximum Gasteiger partial charge on any atom is 0.323 e. The third kappa shape index (κ3) is 4.39. The molecule has 0 radical (unpaired) electrons. The van der Waals surface area contributed by atoms with Gasteiger partial charge in [-0.2, -0.15) is 0 Å². The molecule has 1 aromatic rings. The third-order valence-electron chi connectivity index (χ3n) is 3.17. The van der Waals surface area contributed by atoms with Gasteiger partial charge in [0.25, 0.3) is 5.91 Å². The Morgan fingerprint density at radius 2 is 2.00 bits per heavy atom. The number of halogens is 1. The van der Waals surface area contributed by atoms with E-state index in [0.717, 1.165) is 0 Å². The molecule has 0 saturated heterocycles. The van der Waals surface area contributed by atoms with E-state index in [9.17, 15) is 9.59 Å². The Balaban J connectivity index is 3.19. The summed E-state index contributed by atoms with van der Waals surface area (Å²) in [6.45, 7) is 7.10. The fraction of sp³-hybridized carbons (Fsp3) is 0.571. The van der Waals surface area contributed by atoms with Gasteiger partial charge in [0.1, 0.15) is 12.4 Å². The van der Waals surface area contributed by atoms with Gasteiger partial charge >= 0.3 is 5.97 Å². The second-order valence-corrected chi connectivity index (χ2v) is 5.57. The van der Waals surface area contributed by atoms with E-state index in [1.807, 2.05) is 20.8 Å². The SMILES string of the molecule is CCC(C)N(CC(=O)O)C(=O)c1nc(C(C)C)ncc1Cl. The highest BCUT2D eigenvalue weighted by atomic mass is 35.5. The third-order valence-corrected chi connectivity index (χ3v) is 3.45. The van der Waals surface area contributed by atoms with Crippen LogP contribution in [0.1, 0.15) is 56.3 Å². The predicted octanol–water partition coefficient (Wildman–Crippen LogP) is 2.58. The molecule has 0 spiro atoms. The van der Waals surface area contributed by atoms with E-state index in [1.54, 1.807) is 6.92 Å². The smallest absolute Gasteiger partial charge is 0.323 e. The molecule has 6 nitrogen and oxygen atoms in total. The van der Waals surface area contributed by atoms with Crippen molar-refractivity contribution in [3.63, 3.8) is 0 Å². The number of aromatic nitrogens is 2. The fourth-order valence-electron chi connectivity index (χ4n) is 1.74. The van der Waals surface area contributed by atoms with Crippen molar-refractivity contribution in [2.24, 2.45) is 0 Å². The zero-order valence-electron chi connectivity index (χ0n) is 12.6. The normalized spacial score (nSPS) is 12.3. The Hall–Kier alpha value is -1.69.